The Labute approximate surface area is 154 Å². The SMILES string of the molecule is c1cncc(-c2nc(NCCn3ccnn3)c3c4c(sc3n2)CCC4)c1. The van der Waals surface area contributed by atoms with Crippen LogP contribution in [-0.4, -0.2) is 36.5 Å². The molecule has 1 aliphatic carbocycles. The summed E-state index contributed by atoms with van der Waals surface area (Å²) < 4.78 is 1.81. The molecule has 0 radical (unpaired) electrons. The molecule has 0 saturated heterocycles. The van der Waals surface area contributed by atoms with Crippen molar-refractivity contribution in [2.75, 3.05) is 11.9 Å². The van der Waals surface area contributed by atoms with E-state index >= 15 is 0 Å². The molecule has 0 bridgehead atoms. The van der Waals surface area contributed by atoms with Crippen LogP contribution in [0, 0.1) is 0 Å². The molecule has 26 heavy (non-hydrogen) atoms. The molecular formula is C18H17N7S. The van der Waals surface area contributed by atoms with Crippen LogP contribution in [0.4, 0.5) is 5.82 Å². The molecule has 0 spiro atoms. The Hall–Kier alpha value is -2.87. The molecule has 0 amide bonds. The van der Waals surface area contributed by atoms with E-state index < -0.39 is 0 Å². The van der Waals surface area contributed by atoms with Gasteiger partial charge in [-0.15, -0.1) is 16.4 Å². The molecule has 1 N–H and O–H groups in total. The van der Waals surface area contributed by atoms with Crippen molar-refractivity contribution in [3.8, 4) is 11.4 Å². The van der Waals surface area contributed by atoms with Crippen molar-refractivity contribution >= 4 is 27.4 Å². The second kappa shape index (κ2) is 6.45. The normalized spacial score (nSPS) is 13.2. The number of hydrogen-bond donors (Lipinski definition) is 1. The van der Waals surface area contributed by atoms with Gasteiger partial charge in [-0.25, -0.2) is 9.97 Å². The summed E-state index contributed by atoms with van der Waals surface area (Å²) >= 11 is 1.80. The highest BCUT2D eigenvalue weighted by Crippen LogP contribution is 2.40. The second-order valence-electron chi connectivity index (χ2n) is 6.27. The summed E-state index contributed by atoms with van der Waals surface area (Å²) in [4.78, 5) is 16.4. The van der Waals surface area contributed by atoms with E-state index in [-0.39, 0.29) is 0 Å². The van der Waals surface area contributed by atoms with E-state index in [1.165, 1.54) is 22.2 Å². The Morgan fingerprint density at radius 2 is 2.19 bits per heavy atom. The van der Waals surface area contributed by atoms with Gasteiger partial charge < -0.3 is 5.32 Å². The largest absolute Gasteiger partial charge is 0.368 e. The third-order valence-corrected chi connectivity index (χ3v) is 5.78. The van der Waals surface area contributed by atoms with E-state index in [1.54, 1.807) is 23.7 Å². The zero-order chi connectivity index (χ0) is 17.3. The predicted octanol–water partition coefficient (Wildman–Crippen LogP) is 2.95. The number of nitrogens with one attached hydrogen (secondary N) is 1. The van der Waals surface area contributed by atoms with E-state index in [1.807, 2.05) is 29.2 Å². The molecule has 0 atom stereocenters. The number of aryl methyl sites for hydroxylation is 2. The van der Waals surface area contributed by atoms with Gasteiger partial charge in [0.1, 0.15) is 10.6 Å². The lowest BCUT2D eigenvalue weighted by molar-refractivity contribution is 0.608. The van der Waals surface area contributed by atoms with E-state index in [9.17, 15) is 0 Å². The number of thiophene rings is 1. The highest BCUT2D eigenvalue weighted by atomic mass is 32.1. The standard InChI is InChI=1S/C18H17N7S/c1-4-13-14(5-1)26-18-15(13)17(20-7-9-25-10-8-21-24-25)22-16(23-18)12-3-2-6-19-11-12/h2-3,6,8,10-11H,1,4-5,7,9H2,(H,20,22,23). The summed E-state index contributed by atoms with van der Waals surface area (Å²) in [5, 5.41) is 12.5. The summed E-state index contributed by atoms with van der Waals surface area (Å²) in [5.41, 5.74) is 2.35. The lowest BCUT2D eigenvalue weighted by atomic mass is 10.2. The van der Waals surface area contributed by atoms with Crippen molar-refractivity contribution in [2.24, 2.45) is 0 Å². The fraction of sp³-hybridized carbons (Fsp3) is 0.278. The van der Waals surface area contributed by atoms with Crippen LogP contribution in [0.2, 0.25) is 0 Å². The monoisotopic (exact) mass is 363 g/mol. The smallest absolute Gasteiger partial charge is 0.164 e. The molecular weight excluding hydrogens is 346 g/mol. The van der Waals surface area contributed by atoms with E-state index in [4.69, 9.17) is 9.97 Å². The summed E-state index contributed by atoms with van der Waals surface area (Å²) in [7, 11) is 0. The average Bonchev–Trinajstić information content (AvgIpc) is 3.39. The van der Waals surface area contributed by atoms with Gasteiger partial charge in [0.05, 0.1) is 18.1 Å². The molecule has 7 nitrogen and oxygen atoms in total. The molecule has 0 unspecified atom stereocenters. The first-order valence-electron chi connectivity index (χ1n) is 8.69. The molecule has 8 heteroatoms. The van der Waals surface area contributed by atoms with Gasteiger partial charge in [-0.2, -0.15) is 0 Å². The van der Waals surface area contributed by atoms with Crippen LogP contribution in [-0.2, 0) is 19.4 Å². The van der Waals surface area contributed by atoms with E-state index in [0.717, 1.165) is 42.1 Å². The highest BCUT2D eigenvalue weighted by molar-refractivity contribution is 7.19. The number of rotatable bonds is 5. The Balaban J connectivity index is 1.54. The molecule has 0 aliphatic heterocycles. The topological polar surface area (TPSA) is 81.4 Å². The lowest BCUT2D eigenvalue weighted by Gasteiger charge is -2.10. The molecule has 4 aromatic rings. The molecule has 5 rings (SSSR count). The van der Waals surface area contributed by atoms with Crippen molar-refractivity contribution in [2.45, 2.75) is 25.8 Å². The number of anilines is 1. The lowest BCUT2D eigenvalue weighted by Crippen LogP contribution is -2.12. The van der Waals surface area contributed by atoms with Gasteiger partial charge in [-0.3, -0.25) is 9.67 Å². The van der Waals surface area contributed by atoms with Gasteiger partial charge in [0.25, 0.3) is 0 Å². The van der Waals surface area contributed by atoms with Gasteiger partial charge in [0.2, 0.25) is 0 Å². The maximum Gasteiger partial charge on any atom is 0.164 e. The van der Waals surface area contributed by atoms with Crippen molar-refractivity contribution in [3.63, 3.8) is 0 Å². The molecule has 0 saturated carbocycles. The minimum Gasteiger partial charge on any atom is -0.368 e. The molecule has 0 aromatic carbocycles. The first-order valence-corrected chi connectivity index (χ1v) is 9.51. The van der Waals surface area contributed by atoms with Crippen LogP contribution >= 0.6 is 11.3 Å². The fourth-order valence-electron chi connectivity index (χ4n) is 3.39. The van der Waals surface area contributed by atoms with Crippen LogP contribution in [0.15, 0.2) is 36.9 Å². The first-order chi connectivity index (χ1) is 12.9. The Morgan fingerprint density at radius 1 is 1.19 bits per heavy atom. The summed E-state index contributed by atoms with van der Waals surface area (Å²) in [6, 6.07) is 3.91. The van der Waals surface area contributed by atoms with Gasteiger partial charge in [-0.05, 0) is 37.0 Å². The van der Waals surface area contributed by atoms with Crippen molar-refractivity contribution in [1.29, 1.82) is 0 Å². The van der Waals surface area contributed by atoms with Gasteiger partial charge >= 0.3 is 0 Å². The van der Waals surface area contributed by atoms with E-state index in [2.05, 4.69) is 20.6 Å². The van der Waals surface area contributed by atoms with Gasteiger partial charge in [-0.1, -0.05) is 5.21 Å². The first kappa shape index (κ1) is 15.4. The van der Waals surface area contributed by atoms with Crippen LogP contribution < -0.4 is 5.32 Å². The van der Waals surface area contributed by atoms with Crippen LogP contribution in [0.5, 0.6) is 0 Å². The van der Waals surface area contributed by atoms with Gasteiger partial charge in [0, 0.05) is 35.6 Å². The third kappa shape index (κ3) is 2.72. The van der Waals surface area contributed by atoms with Crippen molar-refractivity contribution in [3.05, 3.63) is 47.4 Å². The maximum absolute atomic E-state index is 4.84. The maximum atomic E-state index is 4.84. The number of fused-ring (bicyclic) bond motifs is 3. The number of hydrogen-bond acceptors (Lipinski definition) is 7. The summed E-state index contributed by atoms with van der Waals surface area (Å²) in [6.45, 7) is 1.46. The Kier molecular flexibility index (Phi) is 3.82. The predicted molar refractivity (Wildman–Crippen MR) is 101 cm³/mol. The second-order valence-corrected chi connectivity index (χ2v) is 7.35. The minimum atomic E-state index is 0.716. The summed E-state index contributed by atoms with van der Waals surface area (Å²) in [5.74, 6) is 1.63. The average molecular weight is 363 g/mol. The summed E-state index contributed by atoms with van der Waals surface area (Å²) in [6.07, 6.45) is 10.6. The van der Waals surface area contributed by atoms with Crippen LogP contribution in [0.25, 0.3) is 21.6 Å². The van der Waals surface area contributed by atoms with Gasteiger partial charge in [0.15, 0.2) is 5.82 Å². The zero-order valence-corrected chi connectivity index (χ0v) is 14.9. The Bertz CT molecular complexity index is 1040. The third-order valence-electron chi connectivity index (χ3n) is 4.59. The molecule has 130 valence electrons. The van der Waals surface area contributed by atoms with E-state index in [0.29, 0.717) is 5.82 Å². The number of aromatic nitrogens is 6. The van der Waals surface area contributed by atoms with Crippen molar-refractivity contribution < 1.29 is 0 Å². The molecule has 0 fully saturated rings. The van der Waals surface area contributed by atoms with Crippen molar-refractivity contribution in [1.82, 2.24) is 29.9 Å². The van der Waals surface area contributed by atoms with Crippen LogP contribution in [0.1, 0.15) is 16.9 Å². The number of pyridine rings is 1. The highest BCUT2D eigenvalue weighted by Gasteiger charge is 2.22. The molecule has 4 heterocycles. The van der Waals surface area contributed by atoms with Crippen LogP contribution in [0.3, 0.4) is 0 Å². The fourth-order valence-corrected chi connectivity index (χ4v) is 4.65. The Morgan fingerprint density at radius 3 is 3.04 bits per heavy atom. The molecule has 4 aromatic heterocycles. The number of nitrogens with zero attached hydrogens (tertiary/aromatic N) is 6. The molecule has 1 aliphatic rings. The zero-order valence-electron chi connectivity index (χ0n) is 14.1. The quantitative estimate of drug-likeness (QED) is 0.587. The minimum absolute atomic E-state index is 0.716.